The number of aromatic nitrogens is 1. The van der Waals surface area contributed by atoms with E-state index < -0.39 is 5.97 Å². The second-order valence-corrected chi connectivity index (χ2v) is 5.99. The zero-order valence-electron chi connectivity index (χ0n) is 12.6. The molecular weight excluding hydrogens is 314 g/mol. The minimum Gasteiger partial charge on any atom is -0.508 e. The van der Waals surface area contributed by atoms with Crippen LogP contribution in [-0.4, -0.2) is 20.7 Å². The van der Waals surface area contributed by atoms with Gasteiger partial charge in [0.25, 0.3) is 0 Å². The van der Waals surface area contributed by atoms with E-state index in [1.807, 2.05) is 37.3 Å². The largest absolute Gasteiger partial charge is 0.508 e. The average molecular weight is 330 g/mol. The van der Waals surface area contributed by atoms with Crippen LogP contribution in [-0.2, 0) is 17.8 Å². The normalized spacial score (nSPS) is 11.0. The van der Waals surface area contributed by atoms with Crippen molar-refractivity contribution in [2.45, 2.75) is 19.9 Å². The number of rotatable bonds is 4. The van der Waals surface area contributed by atoms with E-state index in [1.54, 1.807) is 12.1 Å². The second kappa shape index (κ2) is 5.97. The van der Waals surface area contributed by atoms with Crippen molar-refractivity contribution < 1.29 is 15.0 Å². The third kappa shape index (κ3) is 3.03. The van der Waals surface area contributed by atoms with Gasteiger partial charge in [0.1, 0.15) is 5.75 Å². The summed E-state index contributed by atoms with van der Waals surface area (Å²) in [6.07, 6.45) is -0.0751. The number of aromatic hydroxyl groups is 1. The number of hydrogen-bond donors (Lipinski definition) is 2. The van der Waals surface area contributed by atoms with Crippen molar-refractivity contribution in [3.8, 4) is 5.75 Å². The molecule has 23 heavy (non-hydrogen) atoms. The van der Waals surface area contributed by atoms with Gasteiger partial charge in [-0.3, -0.25) is 4.79 Å². The van der Waals surface area contributed by atoms with Gasteiger partial charge in [0, 0.05) is 28.2 Å². The maximum Gasteiger partial charge on any atom is 0.307 e. The highest BCUT2D eigenvalue weighted by Crippen LogP contribution is 2.30. The maximum atomic E-state index is 11.2. The molecule has 1 aromatic heterocycles. The minimum absolute atomic E-state index is 0.0751. The predicted octanol–water partition coefficient (Wildman–Crippen LogP) is 3.98. The number of hydrogen-bond acceptors (Lipinski definition) is 2. The molecular formula is C18H16ClNO3. The van der Waals surface area contributed by atoms with Crippen LogP contribution in [0, 0.1) is 6.92 Å². The van der Waals surface area contributed by atoms with Crippen molar-refractivity contribution >= 4 is 28.5 Å². The fraction of sp³-hybridized carbons (Fsp3) is 0.167. The van der Waals surface area contributed by atoms with Gasteiger partial charge in [-0.15, -0.1) is 0 Å². The molecule has 0 unspecified atom stereocenters. The number of benzene rings is 2. The molecule has 4 nitrogen and oxygen atoms in total. The van der Waals surface area contributed by atoms with Crippen LogP contribution in [0.25, 0.3) is 10.9 Å². The smallest absolute Gasteiger partial charge is 0.307 e. The standard InChI is InChI=1S/C18H16ClNO3/c1-11-15(9-18(22)23)16-8-14(21)5-6-17(16)20(11)10-12-3-2-4-13(19)7-12/h2-8,21H,9-10H2,1H3,(H,22,23). The lowest BCUT2D eigenvalue weighted by molar-refractivity contribution is -0.136. The van der Waals surface area contributed by atoms with E-state index in [9.17, 15) is 9.90 Å². The van der Waals surface area contributed by atoms with E-state index in [4.69, 9.17) is 16.7 Å². The molecule has 3 aromatic rings. The number of carboxylic acids is 1. The first-order chi connectivity index (χ1) is 11.0. The molecule has 118 valence electrons. The summed E-state index contributed by atoms with van der Waals surface area (Å²) < 4.78 is 2.05. The van der Waals surface area contributed by atoms with E-state index in [1.165, 1.54) is 0 Å². The number of phenols is 1. The summed E-state index contributed by atoms with van der Waals surface area (Å²) in [5.41, 5.74) is 3.54. The summed E-state index contributed by atoms with van der Waals surface area (Å²) in [6, 6.07) is 12.6. The average Bonchev–Trinajstić information content (AvgIpc) is 2.72. The Morgan fingerprint density at radius 1 is 1.22 bits per heavy atom. The number of phenolic OH excluding ortho intramolecular Hbond substituents is 1. The third-order valence-corrected chi connectivity index (χ3v) is 4.23. The fourth-order valence-corrected chi connectivity index (χ4v) is 3.15. The Labute approximate surface area is 138 Å². The first-order valence-electron chi connectivity index (χ1n) is 7.22. The Kier molecular flexibility index (Phi) is 4.01. The Morgan fingerprint density at radius 3 is 2.70 bits per heavy atom. The van der Waals surface area contributed by atoms with Crippen molar-refractivity contribution in [1.82, 2.24) is 4.57 Å². The van der Waals surface area contributed by atoms with Gasteiger partial charge in [0.05, 0.1) is 6.42 Å². The van der Waals surface area contributed by atoms with Gasteiger partial charge in [-0.1, -0.05) is 23.7 Å². The molecule has 0 fully saturated rings. The molecule has 0 amide bonds. The summed E-state index contributed by atoms with van der Waals surface area (Å²) in [6.45, 7) is 2.49. The topological polar surface area (TPSA) is 62.5 Å². The molecule has 0 aliphatic heterocycles. The zero-order chi connectivity index (χ0) is 16.6. The van der Waals surface area contributed by atoms with Crippen molar-refractivity contribution in [2.75, 3.05) is 0 Å². The Bertz CT molecular complexity index is 899. The SMILES string of the molecule is Cc1c(CC(=O)O)c2cc(O)ccc2n1Cc1cccc(Cl)c1. The van der Waals surface area contributed by atoms with Gasteiger partial charge >= 0.3 is 5.97 Å². The highest BCUT2D eigenvalue weighted by Gasteiger charge is 2.17. The Morgan fingerprint density at radius 2 is 2.00 bits per heavy atom. The van der Waals surface area contributed by atoms with E-state index >= 15 is 0 Å². The molecule has 0 aliphatic carbocycles. The third-order valence-electron chi connectivity index (χ3n) is 4.00. The lowest BCUT2D eigenvalue weighted by atomic mass is 10.1. The number of halogens is 1. The van der Waals surface area contributed by atoms with Gasteiger partial charge < -0.3 is 14.8 Å². The van der Waals surface area contributed by atoms with Gasteiger partial charge in [-0.05, 0) is 48.4 Å². The van der Waals surface area contributed by atoms with Crippen molar-refractivity contribution in [2.24, 2.45) is 0 Å². The number of carbonyl (C=O) groups is 1. The molecule has 0 atom stereocenters. The van der Waals surface area contributed by atoms with Crippen molar-refractivity contribution in [1.29, 1.82) is 0 Å². The molecule has 5 heteroatoms. The van der Waals surface area contributed by atoms with Gasteiger partial charge in [-0.25, -0.2) is 0 Å². The van der Waals surface area contributed by atoms with E-state index in [-0.39, 0.29) is 12.2 Å². The van der Waals surface area contributed by atoms with E-state index in [0.29, 0.717) is 11.6 Å². The first-order valence-corrected chi connectivity index (χ1v) is 7.60. The summed E-state index contributed by atoms with van der Waals surface area (Å²) in [7, 11) is 0. The molecule has 1 heterocycles. The Hall–Kier alpha value is -2.46. The number of carboxylic acid groups (broad SMARTS) is 1. The quantitative estimate of drug-likeness (QED) is 0.761. The molecule has 0 spiro atoms. The number of fused-ring (bicyclic) bond motifs is 1. The molecule has 0 radical (unpaired) electrons. The first kappa shape index (κ1) is 15.4. The minimum atomic E-state index is -0.891. The number of nitrogens with zero attached hydrogens (tertiary/aromatic N) is 1. The second-order valence-electron chi connectivity index (χ2n) is 5.55. The predicted molar refractivity (Wildman–Crippen MR) is 90.2 cm³/mol. The van der Waals surface area contributed by atoms with E-state index in [2.05, 4.69) is 4.57 Å². The van der Waals surface area contributed by atoms with Crippen LogP contribution < -0.4 is 0 Å². The molecule has 0 saturated heterocycles. The van der Waals surface area contributed by atoms with Crippen LogP contribution in [0.3, 0.4) is 0 Å². The van der Waals surface area contributed by atoms with Crippen LogP contribution in [0.5, 0.6) is 5.75 Å². The molecule has 2 aromatic carbocycles. The van der Waals surface area contributed by atoms with Crippen LogP contribution in [0.2, 0.25) is 5.02 Å². The molecule has 0 aliphatic rings. The van der Waals surface area contributed by atoms with E-state index in [0.717, 1.165) is 27.7 Å². The summed E-state index contributed by atoms with van der Waals surface area (Å²) >= 11 is 6.04. The molecule has 2 N–H and O–H groups in total. The lowest BCUT2D eigenvalue weighted by Crippen LogP contribution is -2.05. The van der Waals surface area contributed by atoms with Gasteiger partial charge in [-0.2, -0.15) is 0 Å². The lowest BCUT2D eigenvalue weighted by Gasteiger charge is -2.09. The van der Waals surface area contributed by atoms with Gasteiger partial charge in [0.15, 0.2) is 0 Å². The molecule has 3 rings (SSSR count). The van der Waals surface area contributed by atoms with Gasteiger partial charge in [0.2, 0.25) is 0 Å². The van der Waals surface area contributed by atoms with Crippen LogP contribution in [0.15, 0.2) is 42.5 Å². The maximum absolute atomic E-state index is 11.2. The monoisotopic (exact) mass is 329 g/mol. The summed E-state index contributed by atoms with van der Waals surface area (Å²) in [5.74, 6) is -0.762. The van der Waals surface area contributed by atoms with Crippen LogP contribution in [0.1, 0.15) is 16.8 Å². The Balaban J connectivity index is 2.16. The van der Waals surface area contributed by atoms with Crippen LogP contribution in [0.4, 0.5) is 0 Å². The molecule has 0 bridgehead atoms. The number of aliphatic carboxylic acids is 1. The highest BCUT2D eigenvalue weighted by molar-refractivity contribution is 6.30. The highest BCUT2D eigenvalue weighted by atomic mass is 35.5. The fourth-order valence-electron chi connectivity index (χ4n) is 2.94. The zero-order valence-corrected chi connectivity index (χ0v) is 13.3. The summed E-state index contributed by atoms with van der Waals surface area (Å²) in [5, 5.41) is 20.3. The van der Waals surface area contributed by atoms with Crippen molar-refractivity contribution in [3.05, 3.63) is 64.3 Å². The van der Waals surface area contributed by atoms with Crippen LogP contribution >= 0.6 is 11.6 Å². The molecule has 0 saturated carbocycles. The summed E-state index contributed by atoms with van der Waals surface area (Å²) in [4.78, 5) is 11.2. The van der Waals surface area contributed by atoms with Crippen molar-refractivity contribution in [3.63, 3.8) is 0 Å².